The van der Waals surface area contributed by atoms with Gasteiger partial charge in [0, 0.05) is 12.5 Å². The highest BCUT2D eigenvalue weighted by molar-refractivity contribution is 5.41. The number of aliphatic hydroxyl groups excluding tert-OH is 2. The van der Waals surface area contributed by atoms with Crippen LogP contribution in [0.5, 0.6) is 11.5 Å². The SMILES string of the molecule is CCC(O)COc1ccc(C(C)(C)c2ccc(OCC(O)COC)cc2)cc1. The van der Waals surface area contributed by atoms with E-state index in [0.29, 0.717) is 18.8 Å². The van der Waals surface area contributed by atoms with Crippen LogP contribution in [0.1, 0.15) is 38.3 Å². The average Bonchev–Trinajstić information content (AvgIpc) is 2.71. The molecular weight excluding hydrogens is 356 g/mol. The van der Waals surface area contributed by atoms with Gasteiger partial charge in [0.2, 0.25) is 0 Å². The molecule has 2 aromatic carbocycles. The van der Waals surface area contributed by atoms with E-state index in [9.17, 15) is 10.2 Å². The number of rotatable bonds is 11. The van der Waals surface area contributed by atoms with Crippen molar-refractivity contribution in [2.75, 3.05) is 26.9 Å². The molecule has 0 fully saturated rings. The van der Waals surface area contributed by atoms with Gasteiger partial charge in [-0.05, 0) is 41.8 Å². The quantitative estimate of drug-likeness (QED) is 0.616. The molecule has 5 nitrogen and oxygen atoms in total. The second kappa shape index (κ2) is 10.5. The molecule has 0 aliphatic heterocycles. The Bertz CT molecular complexity index is 694. The summed E-state index contributed by atoms with van der Waals surface area (Å²) >= 11 is 0. The molecule has 0 bridgehead atoms. The summed E-state index contributed by atoms with van der Waals surface area (Å²) in [6.07, 6.45) is -0.399. The molecule has 2 atom stereocenters. The molecule has 2 aromatic rings. The Hall–Kier alpha value is -2.08. The van der Waals surface area contributed by atoms with Crippen LogP contribution in [-0.2, 0) is 10.2 Å². The molecule has 0 aliphatic rings. The lowest BCUT2D eigenvalue weighted by Crippen LogP contribution is -2.22. The number of hydrogen-bond donors (Lipinski definition) is 2. The molecule has 0 saturated heterocycles. The van der Waals surface area contributed by atoms with Gasteiger partial charge in [-0.1, -0.05) is 45.0 Å². The standard InChI is InChI=1S/C23H32O5/c1-5-19(24)15-27-21-10-6-17(7-11-21)23(2,3)18-8-12-22(13-9-18)28-16-20(25)14-26-4/h6-13,19-20,24-25H,5,14-16H2,1-4H3. The molecule has 0 radical (unpaired) electrons. The zero-order valence-corrected chi connectivity index (χ0v) is 17.2. The van der Waals surface area contributed by atoms with E-state index in [0.717, 1.165) is 11.3 Å². The molecule has 0 amide bonds. The first kappa shape index (κ1) is 22.2. The maximum atomic E-state index is 9.67. The minimum absolute atomic E-state index is 0.185. The Morgan fingerprint density at radius 1 is 0.750 bits per heavy atom. The van der Waals surface area contributed by atoms with Crippen molar-refractivity contribution in [3.8, 4) is 11.5 Å². The van der Waals surface area contributed by atoms with Crippen molar-refractivity contribution in [1.29, 1.82) is 0 Å². The summed E-state index contributed by atoms with van der Waals surface area (Å²) in [5, 5.41) is 19.3. The van der Waals surface area contributed by atoms with Gasteiger partial charge in [0.05, 0.1) is 12.7 Å². The second-order valence-electron chi connectivity index (χ2n) is 7.47. The molecule has 2 unspecified atom stereocenters. The number of aliphatic hydroxyl groups is 2. The third-order valence-corrected chi connectivity index (χ3v) is 4.87. The Balaban J connectivity index is 2.01. The summed E-state index contributed by atoms with van der Waals surface area (Å²) < 4.78 is 16.1. The highest BCUT2D eigenvalue weighted by Crippen LogP contribution is 2.33. The van der Waals surface area contributed by atoms with Crippen LogP contribution in [0.3, 0.4) is 0 Å². The number of ether oxygens (including phenoxy) is 3. The first-order valence-corrected chi connectivity index (χ1v) is 9.68. The van der Waals surface area contributed by atoms with E-state index in [4.69, 9.17) is 14.2 Å². The largest absolute Gasteiger partial charge is 0.491 e. The Labute approximate surface area is 167 Å². The predicted octanol–water partition coefficient (Wildman–Crippen LogP) is 3.55. The molecular formula is C23H32O5. The van der Waals surface area contributed by atoms with Crippen LogP contribution >= 0.6 is 0 Å². The van der Waals surface area contributed by atoms with E-state index in [-0.39, 0.29) is 18.6 Å². The van der Waals surface area contributed by atoms with Crippen LogP contribution in [0.25, 0.3) is 0 Å². The molecule has 0 saturated carbocycles. The number of hydrogen-bond acceptors (Lipinski definition) is 5. The molecule has 2 N–H and O–H groups in total. The molecule has 5 heteroatoms. The van der Waals surface area contributed by atoms with Crippen molar-refractivity contribution in [3.05, 3.63) is 59.7 Å². The van der Waals surface area contributed by atoms with Crippen molar-refractivity contribution in [1.82, 2.24) is 0 Å². The van der Waals surface area contributed by atoms with Crippen molar-refractivity contribution >= 4 is 0 Å². The van der Waals surface area contributed by atoms with Crippen molar-refractivity contribution in [2.45, 2.75) is 44.8 Å². The lowest BCUT2D eigenvalue weighted by Gasteiger charge is -2.26. The summed E-state index contributed by atoms with van der Waals surface area (Å²) in [6, 6.07) is 15.9. The van der Waals surface area contributed by atoms with E-state index >= 15 is 0 Å². The first-order chi connectivity index (χ1) is 13.4. The first-order valence-electron chi connectivity index (χ1n) is 9.68. The van der Waals surface area contributed by atoms with Gasteiger partial charge in [0.25, 0.3) is 0 Å². The van der Waals surface area contributed by atoms with Crippen LogP contribution in [0, 0.1) is 0 Å². The number of methoxy groups -OCH3 is 1. The zero-order chi connectivity index (χ0) is 20.6. The van der Waals surface area contributed by atoms with Crippen LogP contribution in [0.15, 0.2) is 48.5 Å². The predicted molar refractivity (Wildman–Crippen MR) is 110 cm³/mol. The van der Waals surface area contributed by atoms with Crippen molar-refractivity contribution in [2.24, 2.45) is 0 Å². The summed E-state index contributed by atoms with van der Waals surface area (Å²) in [6.45, 7) is 7.02. The minimum atomic E-state index is -0.639. The van der Waals surface area contributed by atoms with Gasteiger partial charge in [0.15, 0.2) is 0 Å². The molecule has 0 spiro atoms. The fourth-order valence-corrected chi connectivity index (χ4v) is 2.85. The van der Waals surface area contributed by atoms with Crippen LogP contribution in [0.2, 0.25) is 0 Å². The summed E-state index contributed by atoms with van der Waals surface area (Å²) in [5.74, 6) is 1.47. The summed E-state index contributed by atoms with van der Waals surface area (Å²) in [5.41, 5.74) is 2.14. The van der Waals surface area contributed by atoms with E-state index in [1.54, 1.807) is 7.11 Å². The van der Waals surface area contributed by atoms with E-state index < -0.39 is 12.2 Å². The van der Waals surface area contributed by atoms with Crippen molar-refractivity contribution < 1.29 is 24.4 Å². The van der Waals surface area contributed by atoms with Crippen LogP contribution in [-0.4, -0.2) is 49.4 Å². The Morgan fingerprint density at radius 3 is 1.57 bits per heavy atom. The van der Waals surface area contributed by atoms with Crippen LogP contribution in [0.4, 0.5) is 0 Å². The third-order valence-electron chi connectivity index (χ3n) is 4.87. The topological polar surface area (TPSA) is 68.2 Å². The molecule has 2 rings (SSSR count). The van der Waals surface area contributed by atoms with Gasteiger partial charge in [0.1, 0.15) is 30.8 Å². The Kier molecular flexibility index (Phi) is 8.30. The van der Waals surface area contributed by atoms with Gasteiger partial charge in [-0.3, -0.25) is 0 Å². The summed E-state index contributed by atoms with van der Waals surface area (Å²) in [4.78, 5) is 0. The molecule has 28 heavy (non-hydrogen) atoms. The van der Waals surface area contributed by atoms with E-state index in [1.165, 1.54) is 5.56 Å². The number of benzene rings is 2. The lowest BCUT2D eigenvalue weighted by atomic mass is 9.78. The normalized spacial score (nSPS) is 13.8. The molecule has 154 valence electrons. The van der Waals surface area contributed by atoms with Gasteiger partial charge >= 0.3 is 0 Å². The van der Waals surface area contributed by atoms with Crippen LogP contribution < -0.4 is 9.47 Å². The maximum Gasteiger partial charge on any atom is 0.119 e. The molecule has 0 aromatic heterocycles. The minimum Gasteiger partial charge on any atom is -0.491 e. The monoisotopic (exact) mass is 388 g/mol. The molecule has 0 aliphatic carbocycles. The summed E-state index contributed by atoms with van der Waals surface area (Å²) in [7, 11) is 1.55. The van der Waals surface area contributed by atoms with E-state index in [2.05, 4.69) is 26.0 Å². The second-order valence-corrected chi connectivity index (χ2v) is 7.47. The zero-order valence-electron chi connectivity index (χ0n) is 17.2. The van der Waals surface area contributed by atoms with Gasteiger partial charge in [-0.2, -0.15) is 0 Å². The lowest BCUT2D eigenvalue weighted by molar-refractivity contribution is 0.0325. The van der Waals surface area contributed by atoms with Crippen molar-refractivity contribution in [3.63, 3.8) is 0 Å². The highest BCUT2D eigenvalue weighted by Gasteiger charge is 2.23. The average molecular weight is 389 g/mol. The van der Waals surface area contributed by atoms with Gasteiger partial charge < -0.3 is 24.4 Å². The van der Waals surface area contributed by atoms with Gasteiger partial charge in [-0.25, -0.2) is 0 Å². The molecule has 0 heterocycles. The smallest absolute Gasteiger partial charge is 0.119 e. The fraction of sp³-hybridized carbons (Fsp3) is 0.478. The highest BCUT2D eigenvalue weighted by atomic mass is 16.5. The van der Waals surface area contributed by atoms with Gasteiger partial charge in [-0.15, -0.1) is 0 Å². The third kappa shape index (κ3) is 6.23. The van der Waals surface area contributed by atoms with E-state index in [1.807, 2.05) is 43.3 Å². The Morgan fingerprint density at radius 2 is 1.18 bits per heavy atom. The maximum absolute atomic E-state index is 9.67. The fourth-order valence-electron chi connectivity index (χ4n) is 2.85.